The highest BCUT2D eigenvalue weighted by Gasteiger charge is 2.24. The maximum Gasteiger partial charge on any atom is 0.186 e. The molecule has 0 unspecified atom stereocenters. The minimum absolute atomic E-state index is 0.0740. The standard InChI is InChI=1S/C12H15ClN2S/c1-12(2,8-13)15(3)11-14-9-6-4-5-7-10(9)16-11/h4-7H,8H2,1-3H3. The molecule has 0 fully saturated rings. The van der Waals surface area contributed by atoms with Gasteiger partial charge in [-0.25, -0.2) is 4.98 Å². The average Bonchev–Trinajstić information content (AvgIpc) is 2.71. The second kappa shape index (κ2) is 4.22. The number of thiazole rings is 1. The molecule has 16 heavy (non-hydrogen) atoms. The molecule has 0 atom stereocenters. The first kappa shape index (κ1) is 11.7. The van der Waals surface area contributed by atoms with Crippen LogP contribution in [0.3, 0.4) is 0 Å². The highest BCUT2D eigenvalue weighted by atomic mass is 35.5. The minimum atomic E-state index is -0.0740. The quantitative estimate of drug-likeness (QED) is 0.776. The third kappa shape index (κ3) is 2.02. The summed E-state index contributed by atoms with van der Waals surface area (Å²) in [7, 11) is 2.04. The fourth-order valence-corrected chi connectivity index (χ4v) is 2.62. The highest BCUT2D eigenvalue weighted by molar-refractivity contribution is 7.22. The summed E-state index contributed by atoms with van der Waals surface area (Å²) in [4.78, 5) is 6.76. The zero-order valence-electron chi connectivity index (χ0n) is 9.70. The maximum absolute atomic E-state index is 5.97. The average molecular weight is 255 g/mol. The number of aromatic nitrogens is 1. The molecule has 0 N–H and O–H groups in total. The molecule has 1 aromatic heterocycles. The van der Waals surface area contributed by atoms with Crippen molar-refractivity contribution in [2.45, 2.75) is 19.4 Å². The summed E-state index contributed by atoms with van der Waals surface area (Å²) in [6, 6.07) is 8.18. The number of fused-ring (bicyclic) bond motifs is 1. The summed E-state index contributed by atoms with van der Waals surface area (Å²) >= 11 is 7.68. The van der Waals surface area contributed by atoms with Gasteiger partial charge in [-0.15, -0.1) is 11.6 Å². The van der Waals surface area contributed by atoms with Crippen LogP contribution in [0.1, 0.15) is 13.8 Å². The van der Waals surface area contributed by atoms with Gasteiger partial charge in [0.05, 0.1) is 10.2 Å². The largest absolute Gasteiger partial charge is 0.345 e. The number of hydrogen-bond acceptors (Lipinski definition) is 3. The van der Waals surface area contributed by atoms with Gasteiger partial charge in [0, 0.05) is 18.5 Å². The zero-order valence-corrected chi connectivity index (χ0v) is 11.3. The number of alkyl halides is 1. The molecule has 0 aliphatic rings. The van der Waals surface area contributed by atoms with Gasteiger partial charge in [-0.3, -0.25) is 0 Å². The van der Waals surface area contributed by atoms with Crippen LogP contribution in [-0.4, -0.2) is 23.5 Å². The van der Waals surface area contributed by atoms with Crippen LogP contribution < -0.4 is 4.90 Å². The Balaban J connectivity index is 2.40. The number of benzene rings is 1. The van der Waals surface area contributed by atoms with Crippen LogP contribution in [0.25, 0.3) is 10.2 Å². The molecule has 0 bridgehead atoms. The predicted molar refractivity (Wildman–Crippen MR) is 72.8 cm³/mol. The van der Waals surface area contributed by atoms with Gasteiger partial charge < -0.3 is 4.90 Å². The monoisotopic (exact) mass is 254 g/mol. The van der Waals surface area contributed by atoms with E-state index in [9.17, 15) is 0 Å². The maximum atomic E-state index is 5.97. The molecule has 0 spiro atoms. The minimum Gasteiger partial charge on any atom is -0.345 e. The van der Waals surface area contributed by atoms with Gasteiger partial charge in [0.25, 0.3) is 0 Å². The van der Waals surface area contributed by atoms with E-state index >= 15 is 0 Å². The summed E-state index contributed by atoms with van der Waals surface area (Å²) < 4.78 is 1.22. The molecule has 0 saturated heterocycles. The lowest BCUT2D eigenvalue weighted by molar-refractivity contribution is 0.544. The van der Waals surface area contributed by atoms with Gasteiger partial charge in [-0.2, -0.15) is 0 Å². The molecule has 0 aliphatic heterocycles. The summed E-state index contributed by atoms with van der Waals surface area (Å²) in [6.07, 6.45) is 0. The van der Waals surface area contributed by atoms with Gasteiger partial charge in [0.1, 0.15) is 0 Å². The number of halogens is 1. The van der Waals surface area contributed by atoms with Crippen molar-refractivity contribution in [2.75, 3.05) is 17.8 Å². The molecule has 0 radical (unpaired) electrons. The molecule has 1 aromatic carbocycles. The first-order chi connectivity index (χ1) is 7.54. The Hall–Kier alpha value is -0.800. The van der Waals surface area contributed by atoms with Crippen LogP contribution in [0.15, 0.2) is 24.3 Å². The first-order valence-electron chi connectivity index (χ1n) is 5.20. The Labute approximate surface area is 105 Å². The topological polar surface area (TPSA) is 16.1 Å². The van der Waals surface area contributed by atoms with E-state index in [4.69, 9.17) is 11.6 Å². The molecule has 2 rings (SSSR count). The fraction of sp³-hybridized carbons (Fsp3) is 0.417. The van der Waals surface area contributed by atoms with Gasteiger partial charge in [-0.1, -0.05) is 23.5 Å². The van der Waals surface area contributed by atoms with E-state index < -0.39 is 0 Å². The molecule has 4 heteroatoms. The highest BCUT2D eigenvalue weighted by Crippen LogP contribution is 2.31. The molecule has 1 heterocycles. The number of nitrogens with zero attached hydrogens (tertiary/aromatic N) is 2. The summed E-state index contributed by atoms with van der Waals surface area (Å²) in [6.45, 7) is 4.23. The van der Waals surface area contributed by atoms with Crippen molar-refractivity contribution in [1.82, 2.24) is 4.98 Å². The van der Waals surface area contributed by atoms with E-state index in [1.54, 1.807) is 11.3 Å². The SMILES string of the molecule is CN(c1nc2ccccc2s1)C(C)(C)CCl. The molecular weight excluding hydrogens is 240 g/mol. The number of rotatable bonds is 3. The Morgan fingerprint density at radius 1 is 1.38 bits per heavy atom. The van der Waals surface area contributed by atoms with E-state index in [2.05, 4.69) is 29.8 Å². The van der Waals surface area contributed by atoms with Crippen molar-refractivity contribution < 1.29 is 0 Å². The summed E-state index contributed by atoms with van der Waals surface area (Å²) in [5.41, 5.74) is 0.981. The van der Waals surface area contributed by atoms with Gasteiger partial charge in [0.2, 0.25) is 0 Å². The second-order valence-corrected chi connectivity index (χ2v) is 5.75. The van der Waals surface area contributed by atoms with Crippen LogP contribution in [0.5, 0.6) is 0 Å². The molecule has 0 saturated carbocycles. The summed E-state index contributed by atoms with van der Waals surface area (Å²) in [5.74, 6) is 0.583. The van der Waals surface area contributed by atoms with Crippen molar-refractivity contribution >= 4 is 38.3 Å². The Morgan fingerprint density at radius 3 is 2.69 bits per heavy atom. The molecule has 0 amide bonds. The smallest absolute Gasteiger partial charge is 0.186 e. The third-order valence-electron chi connectivity index (χ3n) is 2.80. The molecule has 0 aliphatic carbocycles. The number of anilines is 1. The Bertz CT molecular complexity index is 459. The van der Waals surface area contributed by atoms with Crippen LogP contribution in [0.4, 0.5) is 5.13 Å². The van der Waals surface area contributed by atoms with Crippen molar-refractivity contribution in [2.24, 2.45) is 0 Å². The molecule has 2 aromatic rings. The number of para-hydroxylation sites is 1. The van der Waals surface area contributed by atoms with Gasteiger partial charge in [-0.05, 0) is 26.0 Å². The fourth-order valence-electron chi connectivity index (χ4n) is 1.35. The van der Waals surface area contributed by atoms with Crippen LogP contribution in [-0.2, 0) is 0 Å². The van der Waals surface area contributed by atoms with Crippen LogP contribution in [0, 0.1) is 0 Å². The Kier molecular flexibility index (Phi) is 3.08. The van der Waals surface area contributed by atoms with E-state index in [-0.39, 0.29) is 5.54 Å². The lowest BCUT2D eigenvalue weighted by Crippen LogP contribution is -2.42. The normalized spacial score (nSPS) is 12.0. The lowest BCUT2D eigenvalue weighted by atomic mass is 10.1. The van der Waals surface area contributed by atoms with Crippen LogP contribution in [0.2, 0.25) is 0 Å². The first-order valence-corrected chi connectivity index (χ1v) is 6.55. The van der Waals surface area contributed by atoms with E-state index in [1.807, 2.05) is 25.2 Å². The van der Waals surface area contributed by atoms with Crippen molar-refractivity contribution in [3.63, 3.8) is 0 Å². The number of hydrogen-bond donors (Lipinski definition) is 0. The summed E-state index contributed by atoms with van der Waals surface area (Å²) in [5, 5.41) is 1.02. The van der Waals surface area contributed by atoms with E-state index in [0.29, 0.717) is 5.88 Å². The zero-order chi connectivity index (χ0) is 11.8. The van der Waals surface area contributed by atoms with Crippen molar-refractivity contribution in [3.05, 3.63) is 24.3 Å². The molecule has 2 nitrogen and oxygen atoms in total. The third-order valence-corrected chi connectivity index (χ3v) is 4.57. The van der Waals surface area contributed by atoms with Gasteiger partial charge in [0.15, 0.2) is 5.13 Å². The predicted octanol–water partition coefficient (Wildman–Crippen LogP) is 3.75. The van der Waals surface area contributed by atoms with Gasteiger partial charge >= 0.3 is 0 Å². The second-order valence-electron chi connectivity index (χ2n) is 4.47. The molecule has 86 valence electrons. The van der Waals surface area contributed by atoms with Crippen molar-refractivity contribution in [1.29, 1.82) is 0 Å². The van der Waals surface area contributed by atoms with Crippen molar-refractivity contribution in [3.8, 4) is 0 Å². The van der Waals surface area contributed by atoms with Crippen LogP contribution >= 0.6 is 22.9 Å². The molecular formula is C12H15ClN2S. The lowest BCUT2D eigenvalue weighted by Gasteiger charge is -2.33. The van der Waals surface area contributed by atoms with E-state index in [0.717, 1.165) is 10.6 Å². The van der Waals surface area contributed by atoms with E-state index in [1.165, 1.54) is 4.70 Å². The Morgan fingerprint density at radius 2 is 2.06 bits per heavy atom.